The Labute approximate surface area is 114 Å². The van der Waals surface area contributed by atoms with E-state index in [0.29, 0.717) is 11.3 Å². The van der Waals surface area contributed by atoms with Crippen LogP contribution in [0.15, 0.2) is 24.3 Å². The first-order chi connectivity index (χ1) is 8.66. The zero-order valence-electron chi connectivity index (χ0n) is 8.88. The van der Waals surface area contributed by atoms with Gasteiger partial charge in [-0.25, -0.2) is 9.37 Å². The molecule has 0 saturated carbocycles. The Morgan fingerprint density at radius 3 is 2.67 bits per heavy atom. The molecule has 0 saturated heterocycles. The van der Waals surface area contributed by atoms with Crippen molar-refractivity contribution in [3.05, 3.63) is 33.7 Å². The molecule has 1 aromatic carbocycles. The summed E-state index contributed by atoms with van der Waals surface area (Å²) in [7, 11) is 0. The van der Waals surface area contributed by atoms with Crippen LogP contribution in [0.2, 0.25) is 0 Å². The zero-order valence-corrected chi connectivity index (χ0v) is 11.0. The number of rotatable bonds is 1. The maximum absolute atomic E-state index is 12.9. The van der Waals surface area contributed by atoms with Gasteiger partial charge in [0.05, 0.1) is 9.26 Å². The molecule has 0 bridgehead atoms. The second-order valence-corrected chi connectivity index (χ2v) is 4.63. The Morgan fingerprint density at radius 2 is 1.94 bits per heavy atom. The third-order valence-electron chi connectivity index (χ3n) is 2.43. The van der Waals surface area contributed by atoms with E-state index in [9.17, 15) is 4.39 Å². The lowest BCUT2D eigenvalue weighted by molar-refractivity contribution is 0.628. The zero-order chi connectivity index (χ0) is 12.7. The summed E-state index contributed by atoms with van der Waals surface area (Å²) in [5.74, 6) is -0.110. The first-order valence-corrected chi connectivity index (χ1v) is 6.03. The van der Waals surface area contributed by atoms with E-state index in [2.05, 4.69) is 43.1 Å². The van der Waals surface area contributed by atoms with Crippen LogP contribution >= 0.6 is 22.6 Å². The topological polar surface area (TPSA) is 82.0 Å². The van der Waals surface area contributed by atoms with Gasteiger partial charge in [-0.3, -0.25) is 0 Å². The summed E-state index contributed by atoms with van der Waals surface area (Å²) in [6.07, 6.45) is 0. The molecule has 0 aliphatic rings. The van der Waals surface area contributed by atoms with Crippen molar-refractivity contribution in [2.45, 2.75) is 0 Å². The van der Waals surface area contributed by atoms with Crippen LogP contribution in [0.3, 0.4) is 0 Å². The third kappa shape index (κ3) is 1.68. The highest BCUT2D eigenvalue weighted by Gasteiger charge is 2.14. The van der Waals surface area contributed by atoms with E-state index in [4.69, 9.17) is 5.73 Å². The lowest BCUT2D eigenvalue weighted by Crippen LogP contribution is -2.05. The highest BCUT2D eigenvalue weighted by Crippen LogP contribution is 2.26. The number of aromatic nitrogens is 5. The summed E-state index contributed by atoms with van der Waals surface area (Å²) >= 11 is 2.09. The van der Waals surface area contributed by atoms with Crippen molar-refractivity contribution in [1.82, 2.24) is 25.0 Å². The smallest absolute Gasteiger partial charge is 0.225 e. The summed E-state index contributed by atoms with van der Waals surface area (Å²) < 4.78 is 15.0. The molecule has 90 valence electrons. The van der Waals surface area contributed by atoms with Crippen LogP contribution < -0.4 is 5.73 Å². The molecule has 2 N–H and O–H groups in total. The SMILES string of the molecule is Nc1nc(-c2ccc(F)cc2)c(I)c2nnnn12. The standard InChI is InChI=1S/C10H6FIN6/c11-6-3-1-5(2-4-6)8-7(12)9-15-16-17-18(9)10(13)14-8/h1-4H,(H2,13,14). The number of nitrogen functional groups attached to an aromatic ring is 1. The second-order valence-electron chi connectivity index (χ2n) is 3.55. The number of hydrogen-bond donors (Lipinski definition) is 1. The molecule has 0 aliphatic heterocycles. The molecule has 2 aromatic heterocycles. The van der Waals surface area contributed by atoms with Crippen LogP contribution in [0.1, 0.15) is 0 Å². The predicted octanol–water partition coefficient (Wildman–Crippen LogP) is 1.51. The molecule has 8 heteroatoms. The number of benzene rings is 1. The molecule has 6 nitrogen and oxygen atoms in total. The molecule has 18 heavy (non-hydrogen) atoms. The highest BCUT2D eigenvalue weighted by molar-refractivity contribution is 14.1. The number of hydrogen-bond acceptors (Lipinski definition) is 5. The van der Waals surface area contributed by atoms with Crippen molar-refractivity contribution in [2.24, 2.45) is 0 Å². The van der Waals surface area contributed by atoms with Gasteiger partial charge in [0.25, 0.3) is 0 Å². The number of tetrazole rings is 1. The minimum absolute atomic E-state index is 0.190. The Hall–Kier alpha value is -1.84. The van der Waals surface area contributed by atoms with Crippen LogP contribution in [-0.4, -0.2) is 25.0 Å². The number of fused-ring (bicyclic) bond motifs is 1. The summed E-state index contributed by atoms with van der Waals surface area (Å²) in [5, 5.41) is 11.2. The van der Waals surface area contributed by atoms with E-state index in [1.807, 2.05) is 0 Å². The minimum Gasteiger partial charge on any atom is -0.368 e. The van der Waals surface area contributed by atoms with Crippen LogP contribution in [0.5, 0.6) is 0 Å². The Kier molecular flexibility index (Phi) is 2.58. The van der Waals surface area contributed by atoms with Gasteiger partial charge in [0.1, 0.15) is 5.82 Å². The van der Waals surface area contributed by atoms with E-state index in [1.165, 1.54) is 16.6 Å². The van der Waals surface area contributed by atoms with Crippen molar-refractivity contribution in [3.63, 3.8) is 0 Å². The summed E-state index contributed by atoms with van der Waals surface area (Å²) in [6, 6.07) is 6.02. The molecular weight excluding hydrogens is 350 g/mol. The normalized spacial score (nSPS) is 11.0. The monoisotopic (exact) mass is 356 g/mol. The van der Waals surface area contributed by atoms with Gasteiger partial charge in [0.2, 0.25) is 5.95 Å². The van der Waals surface area contributed by atoms with Gasteiger partial charge in [0.15, 0.2) is 5.65 Å². The molecule has 2 heterocycles. The summed E-state index contributed by atoms with van der Waals surface area (Å²) in [4.78, 5) is 4.24. The Morgan fingerprint density at radius 1 is 1.22 bits per heavy atom. The van der Waals surface area contributed by atoms with E-state index >= 15 is 0 Å². The molecule has 0 amide bonds. The maximum atomic E-state index is 12.9. The van der Waals surface area contributed by atoms with Gasteiger partial charge in [-0.05, 0) is 57.3 Å². The lowest BCUT2D eigenvalue weighted by Gasteiger charge is -2.06. The van der Waals surface area contributed by atoms with Gasteiger partial charge < -0.3 is 5.73 Å². The van der Waals surface area contributed by atoms with Crippen molar-refractivity contribution >= 4 is 34.2 Å². The highest BCUT2D eigenvalue weighted by atomic mass is 127. The van der Waals surface area contributed by atoms with Crippen LogP contribution in [0.4, 0.5) is 10.3 Å². The van der Waals surface area contributed by atoms with Gasteiger partial charge in [-0.1, -0.05) is 0 Å². The number of nitrogens with zero attached hydrogens (tertiary/aromatic N) is 5. The van der Waals surface area contributed by atoms with Crippen LogP contribution in [-0.2, 0) is 0 Å². The molecule has 0 atom stereocenters. The van der Waals surface area contributed by atoms with Crippen molar-refractivity contribution in [2.75, 3.05) is 5.73 Å². The maximum Gasteiger partial charge on any atom is 0.225 e. The fourth-order valence-corrected chi connectivity index (χ4v) is 2.36. The van der Waals surface area contributed by atoms with E-state index in [-0.39, 0.29) is 11.8 Å². The molecule has 0 unspecified atom stereocenters. The average Bonchev–Trinajstić information content (AvgIpc) is 2.85. The summed E-state index contributed by atoms with van der Waals surface area (Å²) in [5.41, 5.74) is 7.70. The number of anilines is 1. The van der Waals surface area contributed by atoms with Crippen molar-refractivity contribution in [3.8, 4) is 11.3 Å². The predicted molar refractivity (Wildman–Crippen MR) is 71.1 cm³/mol. The largest absolute Gasteiger partial charge is 0.368 e. The average molecular weight is 356 g/mol. The van der Waals surface area contributed by atoms with Gasteiger partial charge in [-0.15, -0.1) is 5.10 Å². The van der Waals surface area contributed by atoms with Crippen molar-refractivity contribution in [1.29, 1.82) is 0 Å². The Balaban J connectivity index is 2.29. The molecule has 3 rings (SSSR count). The fraction of sp³-hybridized carbons (Fsp3) is 0. The third-order valence-corrected chi connectivity index (χ3v) is 3.43. The van der Waals surface area contributed by atoms with E-state index in [1.54, 1.807) is 12.1 Å². The number of nitrogens with two attached hydrogens (primary N) is 1. The molecule has 0 aliphatic carbocycles. The van der Waals surface area contributed by atoms with Crippen molar-refractivity contribution < 1.29 is 4.39 Å². The van der Waals surface area contributed by atoms with Crippen LogP contribution in [0, 0.1) is 9.39 Å². The number of halogens is 2. The van der Waals surface area contributed by atoms with Crippen LogP contribution in [0.25, 0.3) is 16.9 Å². The van der Waals surface area contributed by atoms with E-state index in [0.717, 1.165) is 9.13 Å². The minimum atomic E-state index is -0.299. The lowest BCUT2D eigenvalue weighted by atomic mass is 10.1. The molecule has 3 aromatic rings. The second kappa shape index (κ2) is 4.12. The van der Waals surface area contributed by atoms with Gasteiger partial charge in [0, 0.05) is 5.56 Å². The first-order valence-electron chi connectivity index (χ1n) is 4.96. The van der Waals surface area contributed by atoms with E-state index < -0.39 is 0 Å². The molecular formula is C10H6FIN6. The molecule has 0 fully saturated rings. The molecule has 0 spiro atoms. The molecule has 0 radical (unpaired) electrons. The first kappa shape index (κ1) is 11.3. The van der Waals surface area contributed by atoms with Gasteiger partial charge in [-0.2, -0.15) is 4.52 Å². The Bertz CT molecular complexity index is 723. The quantitative estimate of drug-likeness (QED) is 0.669. The fourth-order valence-electron chi connectivity index (χ4n) is 1.59. The summed E-state index contributed by atoms with van der Waals surface area (Å²) in [6.45, 7) is 0. The van der Waals surface area contributed by atoms with Gasteiger partial charge >= 0.3 is 0 Å².